The van der Waals surface area contributed by atoms with Crippen molar-refractivity contribution in [2.45, 2.75) is 12.8 Å². The molecule has 0 saturated carbocycles. The molecule has 1 aliphatic carbocycles. The van der Waals surface area contributed by atoms with E-state index in [-0.39, 0.29) is 0 Å². The molecule has 2 aromatic heterocycles. The molecule has 0 N–H and O–H groups in total. The highest BCUT2D eigenvalue weighted by atomic mass is 32.1. The van der Waals surface area contributed by atoms with Gasteiger partial charge in [0, 0.05) is 20.7 Å². The number of hydrogen-bond donors (Lipinski definition) is 0. The van der Waals surface area contributed by atoms with Crippen molar-refractivity contribution in [2.24, 2.45) is 0 Å². The molecule has 0 radical (unpaired) electrons. The number of aryl methyl sites for hydroxylation is 1. The smallest absolute Gasteiger partial charge is 0.145 e. The maximum absolute atomic E-state index is 5.15. The number of nitrogens with zero attached hydrogens (tertiary/aromatic N) is 2. The quantitative estimate of drug-likeness (QED) is 0.221. The molecular formula is C37H26N2S. The van der Waals surface area contributed by atoms with Crippen LogP contribution in [0.1, 0.15) is 16.9 Å². The van der Waals surface area contributed by atoms with Crippen molar-refractivity contribution < 1.29 is 0 Å². The van der Waals surface area contributed by atoms with Crippen molar-refractivity contribution in [3.63, 3.8) is 0 Å². The van der Waals surface area contributed by atoms with Crippen LogP contribution in [0.15, 0.2) is 127 Å². The van der Waals surface area contributed by atoms with Gasteiger partial charge in [0.05, 0.1) is 16.7 Å². The van der Waals surface area contributed by atoms with Crippen LogP contribution in [-0.4, -0.2) is 9.55 Å². The lowest BCUT2D eigenvalue weighted by molar-refractivity contribution is 1.01. The fraction of sp³-hybridized carbons (Fsp3) is 0.0541. The van der Waals surface area contributed by atoms with E-state index in [1.165, 1.54) is 42.8 Å². The van der Waals surface area contributed by atoms with E-state index >= 15 is 0 Å². The molecule has 5 aromatic carbocycles. The molecule has 0 amide bonds. The summed E-state index contributed by atoms with van der Waals surface area (Å²) < 4.78 is 3.70. The Balaban J connectivity index is 1.28. The lowest BCUT2D eigenvalue weighted by Crippen LogP contribution is -2.00. The van der Waals surface area contributed by atoms with Crippen molar-refractivity contribution in [3.8, 4) is 39.3 Å². The van der Waals surface area contributed by atoms with E-state index < -0.39 is 0 Å². The Labute approximate surface area is 237 Å². The summed E-state index contributed by atoms with van der Waals surface area (Å²) in [6.45, 7) is 0. The van der Waals surface area contributed by atoms with Crippen LogP contribution < -0.4 is 0 Å². The first-order valence-electron chi connectivity index (χ1n) is 13.8. The van der Waals surface area contributed by atoms with E-state index in [0.717, 1.165) is 41.0 Å². The average molecular weight is 531 g/mol. The van der Waals surface area contributed by atoms with Gasteiger partial charge < -0.3 is 0 Å². The number of rotatable bonds is 4. The molecule has 3 heteroatoms. The zero-order valence-corrected chi connectivity index (χ0v) is 22.7. The van der Waals surface area contributed by atoms with Gasteiger partial charge in [-0.2, -0.15) is 0 Å². The first kappa shape index (κ1) is 23.2. The van der Waals surface area contributed by atoms with Crippen molar-refractivity contribution >= 4 is 38.5 Å². The number of allylic oxidation sites excluding steroid dienone is 1. The summed E-state index contributed by atoms with van der Waals surface area (Å²) in [5.41, 5.74) is 10.8. The van der Waals surface area contributed by atoms with Crippen molar-refractivity contribution in [1.82, 2.24) is 9.55 Å². The zero-order chi connectivity index (χ0) is 26.5. The maximum Gasteiger partial charge on any atom is 0.145 e. The molecule has 0 aliphatic heterocycles. The maximum atomic E-state index is 5.15. The van der Waals surface area contributed by atoms with Crippen LogP contribution in [0.2, 0.25) is 0 Å². The third-order valence-corrected chi connectivity index (χ3v) is 9.17. The van der Waals surface area contributed by atoms with Crippen LogP contribution in [0.3, 0.4) is 0 Å². The lowest BCUT2D eigenvalue weighted by Gasteiger charge is -2.15. The number of aromatic nitrogens is 2. The highest BCUT2D eigenvalue weighted by molar-refractivity contribution is 7.20. The molecule has 7 aromatic rings. The van der Waals surface area contributed by atoms with E-state index in [2.05, 4.69) is 138 Å². The van der Waals surface area contributed by atoms with Crippen LogP contribution in [0.25, 0.3) is 66.5 Å². The van der Waals surface area contributed by atoms with Gasteiger partial charge >= 0.3 is 0 Å². The van der Waals surface area contributed by atoms with Gasteiger partial charge in [-0.25, -0.2) is 4.98 Å². The highest BCUT2D eigenvalue weighted by Gasteiger charge is 2.19. The molecule has 40 heavy (non-hydrogen) atoms. The number of para-hydroxylation sites is 3. The fourth-order valence-electron chi connectivity index (χ4n) is 6.02. The summed E-state index contributed by atoms with van der Waals surface area (Å²) in [5.74, 6) is 0.950. The van der Waals surface area contributed by atoms with E-state index in [9.17, 15) is 0 Å². The Morgan fingerprint density at radius 2 is 1.35 bits per heavy atom. The Kier molecular flexibility index (Phi) is 5.49. The van der Waals surface area contributed by atoms with E-state index in [1.807, 2.05) is 11.3 Å². The topological polar surface area (TPSA) is 17.8 Å². The van der Waals surface area contributed by atoms with Crippen molar-refractivity contribution in [1.29, 1.82) is 0 Å². The second kappa shape index (κ2) is 9.48. The predicted molar refractivity (Wildman–Crippen MR) is 170 cm³/mol. The fourth-order valence-corrected chi connectivity index (χ4v) is 7.34. The second-order valence-electron chi connectivity index (χ2n) is 10.3. The predicted octanol–water partition coefficient (Wildman–Crippen LogP) is 10.2. The second-order valence-corrected chi connectivity index (χ2v) is 11.3. The molecule has 0 unspecified atom stereocenters. The molecule has 190 valence electrons. The molecule has 2 nitrogen and oxygen atoms in total. The molecule has 0 saturated heterocycles. The van der Waals surface area contributed by atoms with Gasteiger partial charge in [-0.05, 0) is 64.8 Å². The number of benzene rings is 5. The average Bonchev–Trinajstić information content (AvgIpc) is 3.60. The zero-order valence-electron chi connectivity index (χ0n) is 21.9. The summed E-state index contributed by atoms with van der Waals surface area (Å²) in [6, 6.07) is 43.3. The summed E-state index contributed by atoms with van der Waals surface area (Å²) in [6.07, 6.45) is 6.86. The number of imidazole rings is 1. The Bertz CT molecular complexity index is 2040. The first-order chi connectivity index (χ1) is 19.8. The number of thiophene rings is 1. The molecule has 1 aliphatic rings. The summed E-state index contributed by atoms with van der Waals surface area (Å²) in [4.78, 5) is 6.56. The highest BCUT2D eigenvalue weighted by Crippen LogP contribution is 2.41. The molecule has 8 rings (SSSR count). The third kappa shape index (κ3) is 3.74. The van der Waals surface area contributed by atoms with Crippen molar-refractivity contribution in [2.75, 3.05) is 0 Å². The lowest BCUT2D eigenvalue weighted by atomic mass is 9.97. The molecule has 0 spiro atoms. The molecular weight excluding hydrogens is 504 g/mol. The summed E-state index contributed by atoms with van der Waals surface area (Å²) in [7, 11) is 0. The van der Waals surface area contributed by atoms with Gasteiger partial charge in [0.1, 0.15) is 5.82 Å². The SMILES string of the molecule is C1=Cc2sc3c(-c4ccc(-c5nc6ccccc6n5-c5ccccc5-c5ccccc5)cc4)cccc3c2CC1. The van der Waals surface area contributed by atoms with E-state index in [0.29, 0.717) is 0 Å². The van der Waals surface area contributed by atoms with Crippen LogP contribution in [-0.2, 0) is 6.42 Å². The molecule has 2 heterocycles. The first-order valence-corrected chi connectivity index (χ1v) is 14.6. The summed E-state index contributed by atoms with van der Waals surface area (Å²) >= 11 is 1.92. The van der Waals surface area contributed by atoms with E-state index in [4.69, 9.17) is 4.98 Å². The Morgan fingerprint density at radius 1 is 0.625 bits per heavy atom. The van der Waals surface area contributed by atoms with Crippen LogP contribution in [0.5, 0.6) is 0 Å². The molecule has 0 bridgehead atoms. The Hall–Kier alpha value is -4.73. The van der Waals surface area contributed by atoms with Gasteiger partial charge in [0.25, 0.3) is 0 Å². The largest absolute Gasteiger partial charge is 0.292 e. The van der Waals surface area contributed by atoms with Crippen molar-refractivity contribution in [3.05, 3.63) is 138 Å². The van der Waals surface area contributed by atoms with Gasteiger partial charge in [-0.3, -0.25) is 4.57 Å². The molecule has 0 fully saturated rings. The third-order valence-electron chi connectivity index (χ3n) is 7.92. The van der Waals surface area contributed by atoms with Gasteiger partial charge in [0.15, 0.2) is 0 Å². The number of fused-ring (bicyclic) bond motifs is 4. The summed E-state index contributed by atoms with van der Waals surface area (Å²) in [5, 5.41) is 1.41. The minimum absolute atomic E-state index is 0.950. The standard InChI is InChI=1S/C37H26N2S/c1-2-11-25(12-3-1)28-13-4-7-18-33(28)39-34-19-8-6-17-32(34)38-37(39)27-23-21-26(22-24-27)29-15-10-16-31-30-14-5-9-20-35(30)40-36(29)31/h1-4,6-13,15-24H,5,14H2. The van der Waals surface area contributed by atoms with E-state index in [1.54, 1.807) is 0 Å². The minimum Gasteiger partial charge on any atom is -0.292 e. The molecule has 0 atom stereocenters. The minimum atomic E-state index is 0.950. The Morgan fingerprint density at radius 3 is 2.25 bits per heavy atom. The number of hydrogen-bond acceptors (Lipinski definition) is 2. The van der Waals surface area contributed by atoms with Gasteiger partial charge in [-0.15, -0.1) is 11.3 Å². The van der Waals surface area contributed by atoms with Crippen LogP contribution in [0.4, 0.5) is 0 Å². The van der Waals surface area contributed by atoms with Crippen LogP contribution in [0, 0.1) is 0 Å². The van der Waals surface area contributed by atoms with Gasteiger partial charge in [-0.1, -0.05) is 109 Å². The monoisotopic (exact) mass is 530 g/mol. The van der Waals surface area contributed by atoms with Gasteiger partial charge in [0.2, 0.25) is 0 Å². The van der Waals surface area contributed by atoms with Crippen LogP contribution >= 0.6 is 11.3 Å². The normalized spacial score (nSPS) is 12.7.